The first kappa shape index (κ1) is 13.7. The molecule has 1 saturated carbocycles. The minimum Gasteiger partial charge on any atom is -0.490 e. The van der Waals surface area contributed by atoms with Gasteiger partial charge in [-0.05, 0) is 48.3 Å². The molecule has 1 fully saturated rings. The van der Waals surface area contributed by atoms with Crippen LogP contribution in [0.2, 0.25) is 0 Å². The summed E-state index contributed by atoms with van der Waals surface area (Å²) in [5.41, 5.74) is 8.05. The van der Waals surface area contributed by atoms with E-state index in [4.69, 9.17) is 15.2 Å². The summed E-state index contributed by atoms with van der Waals surface area (Å²) in [6, 6.07) is 6.61. The highest BCUT2D eigenvalue weighted by Gasteiger charge is 2.34. The van der Waals surface area contributed by atoms with Crippen molar-refractivity contribution in [2.45, 2.75) is 51.5 Å². The first-order chi connectivity index (χ1) is 9.55. The van der Waals surface area contributed by atoms with Crippen molar-refractivity contribution >= 4 is 0 Å². The molecule has 2 atom stereocenters. The van der Waals surface area contributed by atoms with Crippen LogP contribution in [0.5, 0.6) is 11.5 Å². The molecule has 1 aromatic rings. The van der Waals surface area contributed by atoms with Crippen LogP contribution in [0, 0.1) is 5.41 Å². The van der Waals surface area contributed by atoms with E-state index in [2.05, 4.69) is 26.0 Å². The van der Waals surface area contributed by atoms with E-state index < -0.39 is 0 Å². The number of nitrogens with two attached hydrogens (primary N) is 1. The van der Waals surface area contributed by atoms with Gasteiger partial charge in [0.2, 0.25) is 0 Å². The van der Waals surface area contributed by atoms with Crippen molar-refractivity contribution < 1.29 is 9.47 Å². The molecule has 2 unspecified atom stereocenters. The summed E-state index contributed by atoms with van der Waals surface area (Å²) in [5.74, 6) is 2.18. The lowest BCUT2D eigenvalue weighted by molar-refractivity contribution is 0.198. The summed E-state index contributed by atoms with van der Waals surface area (Å²) in [5, 5.41) is 0. The number of hydrogen-bond donors (Lipinski definition) is 1. The average molecular weight is 275 g/mol. The van der Waals surface area contributed by atoms with Crippen molar-refractivity contribution in [2.24, 2.45) is 11.1 Å². The Hall–Kier alpha value is -1.22. The van der Waals surface area contributed by atoms with E-state index in [1.54, 1.807) is 0 Å². The zero-order chi connectivity index (χ0) is 14.2. The summed E-state index contributed by atoms with van der Waals surface area (Å²) < 4.78 is 11.5. The Morgan fingerprint density at radius 3 is 2.70 bits per heavy atom. The fourth-order valence-corrected chi connectivity index (χ4v) is 3.38. The highest BCUT2D eigenvalue weighted by atomic mass is 16.5. The van der Waals surface area contributed by atoms with Gasteiger partial charge in [-0.2, -0.15) is 0 Å². The van der Waals surface area contributed by atoms with Crippen LogP contribution in [0.1, 0.15) is 51.0 Å². The summed E-state index contributed by atoms with van der Waals surface area (Å²) in [4.78, 5) is 0. The smallest absolute Gasteiger partial charge is 0.161 e. The maximum absolute atomic E-state index is 6.37. The van der Waals surface area contributed by atoms with Gasteiger partial charge in [0.1, 0.15) is 0 Å². The minimum absolute atomic E-state index is 0.257. The summed E-state index contributed by atoms with van der Waals surface area (Å²) in [7, 11) is 0. The third-order valence-corrected chi connectivity index (χ3v) is 4.64. The molecule has 0 radical (unpaired) electrons. The van der Waals surface area contributed by atoms with Crippen LogP contribution in [-0.2, 0) is 0 Å². The fourth-order valence-electron chi connectivity index (χ4n) is 3.38. The minimum atomic E-state index is 0.257. The van der Waals surface area contributed by atoms with Crippen LogP contribution < -0.4 is 15.2 Å². The Balaban J connectivity index is 1.87. The molecule has 1 heterocycles. The molecule has 3 heteroatoms. The van der Waals surface area contributed by atoms with E-state index in [0.717, 1.165) is 44.0 Å². The molecule has 0 bridgehead atoms. The predicted molar refractivity (Wildman–Crippen MR) is 80.4 cm³/mol. The lowest BCUT2D eigenvalue weighted by atomic mass is 9.68. The Bertz CT molecular complexity index is 484. The van der Waals surface area contributed by atoms with Crippen LogP contribution in [0.3, 0.4) is 0 Å². The summed E-state index contributed by atoms with van der Waals surface area (Å²) in [6.07, 6.45) is 4.41. The van der Waals surface area contributed by atoms with Crippen LogP contribution >= 0.6 is 0 Å². The molecule has 0 saturated heterocycles. The Morgan fingerprint density at radius 1 is 1.15 bits per heavy atom. The molecule has 0 amide bonds. The van der Waals surface area contributed by atoms with Crippen molar-refractivity contribution in [1.29, 1.82) is 0 Å². The zero-order valence-corrected chi connectivity index (χ0v) is 12.5. The van der Waals surface area contributed by atoms with Crippen molar-refractivity contribution in [3.05, 3.63) is 23.8 Å². The molecule has 1 aromatic carbocycles. The van der Waals surface area contributed by atoms with E-state index in [-0.39, 0.29) is 6.04 Å². The first-order valence-corrected chi connectivity index (χ1v) is 7.70. The number of hydrogen-bond acceptors (Lipinski definition) is 3. The molecule has 0 aromatic heterocycles. The van der Waals surface area contributed by atoms with Gasteiger partial charge in [0.25, 0.3) is 0 Å². The number of fused-ring (bicyclic) bond motifs is 1. The molecular weight excluding hydrogens is 250 g/mol. The van der Waals surface area contributed by atoms with Gasteiger partial charge in [0, 0.05) is 12.5 Å². The van der Waals surface area contributed by atoms with Gasteiger partial charge >= 0.3 is 0 Å². The quantitative estimate of drug-likeness (QED) is 0.853. The summed E-state index contributed by atoms with van der Waals surface area (Å²) in [6.45, 7) is 6.16. The van der Waals surface area contributed by atoms with Crippen molar-refractivity contribution in [3.8, 4) is 11.5 Å². The third kappa shape index (κ3) is 2.78. The van der Waals surface area contributed by atoms with Crippen LogP contribution in [-0.4, -0.2) is 19.3 Å². The Morgan fingerprint density at radius 2 is 1.90 bits per heavy atom. The average Bonchev–Trinajstić information content (AvgIpc) is 2.66. The second-order valence-corrected chi connectivity index (χ2v) is 6.93. The van der Waals surface area contributed by atoms with Gasteiger partial charge < -0.3 is 15.2 Å². The molecule has 20 heavy (non-hydrogen) atoms. The van der Waals surface area contributed by atoms with E-state index in [0.29, 0.717) is 11.3 Å². The monoisotopic (exact) mass is 275 g/mol. The van der Waals surface area contributed by atoms with Gasteiger partial charge in [-0.15, -0.1) is 0 Å². The molecule has 1 aliphatic heterocycles. The maximum Gasteiger partial charge on any atom is 0.161 e. The third-order valence-electron chi connectivity index (χ3n) is 4.64. The van der Waals surface area contributed by atoms with Crippen LogP contribution in [0.4, 0.5) is 0 Å². The van der Waals surface area contributed by atoms with Gasteiger partial charge in [-0.25, -0.2) is 0 Å². The Labute approximate surface area is 121 Å². The second-order valence-electron chi connectivity index (χ2n) is 6.93. The van der Waals surface area contributed by atoms with E-state index >= 15 is 0 Å². The summed E-state index contributed by atoms with van der Waals surface area (Å²) >= 11 is 0. The first-order valence-electron chi connectivity index (χ1n) is 7.70. The molecule has 3 nitrogen and oxygen atoms in total. The van der Waals surface area contributed by atoms with E-state index in [1.165, 1.54) is 12.0 Å². The number of rotatable bonds is 1. The van der Waals surface area contributed by atoms with Gasteiger partial charge in [0.15, 0.2) is 11.5 Å². The standard InChI is InChI=1S/C17H25NO2/c1-17(2)7-6-14(18)13(11-17)12-4-5-15-16(10-12)20-9-3-8-19-15/h4-5,10,13-14H,3,6-9,11,18H2,1-2H3. The molecule has 110 valence electrons. The van der Waals surface area contributed by atoms with E-state index in [1.807, 2.05) is 6.07 Å². The normalized spacial score (nSPS) is 28.8. The fraction of sp³-hybridized carbons (Fsp3) is 0.647. The maximum atomic E-state index is 6.37. The zero-order valence-electron chi connectivity index (χ0n) is 12.5. The molecule has 2 aliphatic rings. The predicted octanol–water partition coefficient (Wildman–Crippen LogP) is 3.47. The molecule has 3 rings (SSSR count). The van der Waals surface area contributed by atoms with Crippen LogP contribution in [0.25, 0.3) is 0 Å². The highest BCUT2D eigenvalue weighted by Crippen LogP contribution is 2.44. The largest absolute Gasteiger partial charge is 0.490 e. The van der Waals surface area contributed by atoms with Crippen molar-refractivity contribution in [1.82, 2.24) is 0 Å². The van der Waals surface area contributed by atoms with Crippen LogP contribution in [0.15, 0.2) is 18.2 Å². The SMILES string of the molecule is CC1(C)CCC(N)C(c2ccc3c(c2)OCCCO3)C1. The lowest BCUT2D eigenvalue weighted by Gasteiger charge is -2.39. The second kappa shape index (κ2) is 5.28. The van der Waals surface area contributed by atoms with Crippen molar-refractivity contribution in [3.63, 3.8) is 0 Å². The topological polar surface area (TPSA) is 44.5 Å². The molecule has 2 N–H and O–H groups in total. The van der Waals surface area contributed by atoms with Crippen molar-refractivity contribution in [2.75, 3.05) is 13.2 Å². The lowest BCUT2D eigenvalue weighted by Crippen LogP contribution is -2.37. The van der Waals surface area contributed by atoms with E-state index in [9.17, 15) is 0 Å². The van der Waals surface area contributed by atoms with Gasteiger partial charge in [0.05, 0.1) is 13.2 Å². The number of ether oxygens (including phenoxy) is 2. The van der Waals surface area contributed by atoms with Gasteiger partial charge in [-0.3, -0.25) is 0 Å². The Kier molecular flexibility index (Phi) is 3.63. The molecular formula is C17H25NO2. The molecule has 1 aliphatic carbocycles. The number of benzene rings is 1. The molecule has 0 spiro atoms. The van der Waals surface area contributed by atoms with Gasteiger partial charge in [-0.1, -0.05) is 19.9 Å². The highest BCUT2D eigenvalue weighted by molar-refractivity contribution is 5.44.